The molecule has 3 aromatic carbocycles. The molecule has 0 aliphatic carbocycles. The molecule has 0 unspecified atom stereocenters. The van der Waals surface area contributed by atoms with Crippen molar-refractivity contribution in [3.05, 3.63) is 95.3 Å². The average molecular weight is 431 g/mol. The quantitative estimate of drug-likeness (QED) is 0.544. The highest BCUT2D eigenvalue weighted by Crippen LogP contribution is 2.24. The number of hydrogen-bond acceptors (Lipinski definition) is 3. The molecule has 0 aliphatic rings. The van der Waals surface area contributed by atoms with E-state index in [0.29, 0.717) is 16.3 Å². The lowest BCUT2D eigenvalue weighted by Gasteiger charge is -2.09. The lowest BCUT2D eigenvalue weighted by atomic mass is 10.2. The molecular formula is C21H16ClFN2O3S. The fourth-order valence-electron chi connectivity index (χ4n) is 2.43. The first-order valence-electron chi connectivity index (χ1n) is 8.45. The molecule has 1 amide bonds. The average Bonchev–Trinajstić information content (AvgIpc) is 2.68. The Morgan fingerprint density at radius 2 is 1.69 bits per heavy atom. The van der Waals surface area contributed by atoms with Crippen molar-refractivity contribution in [1.29, 1.82) is 0 Å². The van der Waals surface area contributed by atoms with Crippen LogP contribution in [0.5, 0.6) is 0 Å². The molecular weight excluding hydrogens is 415 g/mol. The van der Waals surface area contributed by atoms with Gasteiger partial charge in [-0.3, -0.25) is 9.52 Å². The number of nitrogens with one attached hydrogen (secondary N) is 2. The number of halogens is 2. The van der Waals surface area contributed by atoms with Gasteiger partial charge in [-0.15, -0.1) is 0 Å². The normalized spacial score (nSPS) is 11.4. The van der Waals surface area contributed by atoms with Gasteiger partial charge < -0.3 is 5.32 Å². The maximum atomic E-state index is 13.1. The number of hydrogen-bond donors (Lipinski definition) is 2. The van der Waals surface area contributed by atoms with Gasteiger partial charge in [-0.05, 0) is 54.1 Å². The summed E-state index contributed by atoms with van der Waals surface area (Å²) in [6.45, 7) is 0. The fourth-order valence-corrected chi connectivity index (χ4v) is 3.75. The van der Waals surface area contributed by atoms with Gasteiger partial charge in [0.2, 0.25) is 5.91 Å². The molecule has 3 aromatic rings. The first-order chi connectivity index (χ1) is 13.8. The molecule has 5 nitrogen and oxygen atoms in total. The molecule has 0 saturated heterocycles. The highest BCUT2D eigenvalue weighted by molar-refractivity contribution is 7.92. The number of benzene rings is 3. The first-order valence-corrected chi connectivity index (χ1v) is 10.3. The van der Waals surface area contributed by atoms with Crippen LogP contribution in [0.4, 0.5) is 15.8 Å². The lowest BCUT2D eigenvalue weighted by molar-refractivity contribution is -0.111. The van der Waals surface area contributed by atoms with Crippen LogP contribution in [0, 0.1) is 5.82 Å². The van der Waals surface area contributed by atoms with E-state index in [4.69, 9.17) is 11.6 Å². The summed E-state index contributed by atoms with van der Waals surface area (Å²) in [4.78, 5) is 12.0. The molecule has 29 heavy (non-hydrogen) atoms. The predicted molar refractivity (Wildman–Crippen MR) is 113 cm³/mol. The van der Waals surface area contributed by atoms with Crippen LogP contribution in [0.2, 0.25) is 5.02 Å². The van der Waals surface area contributed by atoms with Gasteiger partial charge in [0.05, 0.1) is 15.6 Å². The van der Waals surface area contributed by atoms with E-state index in [9.17, 15) is 17.6 Å². The van der Waals surface area contributed by atoms with Crippen molar-refractivity contribution in [3.63, 3.8) is 0 Å². The topological polar surface area (TPSA) is 75.3 Å². The third-order valence-corrected chi connectivity index (χ3v) is 5.54. The smallest absolute Gasteiger partial charge is 0.261 e. The third-order valence-electron chi connectivity index (χ3n) is 3.83. The van der Waals surface area contributed by atoms with Gasteiger partial charge >= 0.3 is 0 Å². The molecule has 3 rings (SSSR count). The van der Waals surface area contributed by atoms with Crippen molar-refractivity contribution in [2.45, 2.75) is 4.90 Å². The summed E-state index contributed by atoms with van der Waals surface area (Å²) in [6, 6.07) is 18.0. The van der Waals surface area contributed by atoms with E-state index in [0.717, 1.165) is 0 Å². The van der Waals surface area contributed by atoms with Crippen molar-refractivity contribution in [2.24, 2.45) is 0 Å². The molecule has 0 fully saturated rings. The zero-order chi connectivity index (χ0) is 20.9. The van der Waals surface area contributed by atoms with E-state index in [1.54, 1.807) is 42.5 Å². The number of para-hydroxylation sites is 1. The van der Waals surface area contributed by atoms with E-state index >= 15 is 0 Å². The van der Waals surface area contributed by atoms with Crippen LogP contribution in [0.15, 0.2) is 83.8 Å². The van der Waals surface area contributed by atoms with Crippen molar-refractivity contribution in [2.75, 3.05) is 10.0 Å². The standard InChI is InChI=1S/C21H16ClFN2O3S/c22-19-6-1-2-7-20(19)25-29(27,28)18-11-8-15(9-12-18)10-13-21(26)24-17-5-3-4-16(23)14-17/h1-14,25H,(H,24,26)/b13-10+. The zero-order valence-corrected chi connectivity index (χ0v) is 16.5. The minimum atomic E-state index is -3.80. The predicted octanol–water partition coefficient (Wildman–Crippen LogP) is 4.93. The number of carbonyl (C=O) groups is 1. The number of amides is 1. The molecule has 148 valence electrons. The zero-order valence-electron chi connectivity index (χ0n) is 15.0. The van der Waals surface area contributed by atoms with Crippen LogP contribution >= 0.6 is 11.6 Å². The van der Waals surface area contributed by atoms with E-state index in [1.165, 1.54) is 42.5 Å². The molecule has 0 aromatic heterocycles. The van der Waals surface area contributed by atoms with Gasteiger partial charge in [-0.25, -0.2) is 12.8 Å². The minimum Gasteiger partial charge on any atom is -0.322 e. The van der Waals surface area contributed by atoms with Crippen LogP contribution < -0.4 is 10.0 Å². The van der Waals surface area contributed by atoms with Gasteiger partial charge in [-0.1, -0.05) is 41.9 Å². The Balaban J connectivity index is 1.67. The summed E-state index contributed by atoms with van der Waals surface area (Å²) in [6.07, 6.45) is 2.79. The summed E-state index contributed by atoms with van der Waals surface area (Å²) >= 11 is 5.99. The van der Waals surface area contributed by atoms with Crippen LogP contribution in [-0.2, 0) is 14.8 Å². The third kappa shape index (κ3) is 5.66. The number of anilines is 2. The minimum absolute atomic E-state index is 0.0544. The molecule has 0 saturated carbocycles. The summed E-state index contributed by atoms with van der Waals surface area (Å²) in [5.41, 5.74) is 1.25. The van der Waals surface area contributed by atoms with Crippen molar-refractivity contribution in [1.82, 2.24) is 0 Å². The number of rotatable bonds is 6. The fraction of sp³-hybridized carbons (Fsp3) is 0. The SMILES string of the molecule is O=C(/C=C/c1ccc(S(=O)(=O)Nc2ccccc2Cl)cc1)Nc1cccc(F)c1. The van der Waals surface area contributed by atoms with Gasteiger partial charge in [0, 0.05) is 11.8 Å². The first kappa shape index (κ1) is 20.6. The Morgan fingerprint density at radius 1 is 0.966 bits per heavy atom. The summed E-state index contributed by atoms with van der Waals surface area (Å²) in [5.74, 6) is -0.887. The Hall–Kier alpha value is -3.16. The monoisotopic (exact) mass is 430 g/mol. The van der Waals surface area contributed by atoms with Crippen molar-refractivity contribution >= 4 is 45.0 Å². The molecule has 0 atom stereocenters. The van der Waals surface area contributed by atoms with E-state index in [2.05, 4.69) is 10.0 Å². The summed E-state index contributed by atoms with van der Waals surface area (Å²) in [7, 11) is -3.80. The highest BCUT2D eigenvalue weighted by Gasteiger charge is 2.15. The molecule has 0 aliphatic heterocycles. The molecule has 0 spiro atoms. The second-order valence-corrected chi connectivity index (χ2v) is 8.08. The van der Waals surface area contributed by atoms with Crippen LogP contribution in [-0.4, -0.2) is 14.3 Å². The number of sulfonamides is 1. The molecule has 0 bridgehead atoms. The molecule has 2 N–H and O–H groups in total. The second-order valence-electron chi connectivity index (χ2n) is 5.99. The lowest BCUT2D eigenvalue weighted by Crippen LogP contribution is -2.13. The summed E-state index contributed by atoms with van der Waals surface area (Å²) in [5, 5.41) is 2.83. The van der Waals surface area contributed by atoms with Crippen molar-refractivity contribution < 1.29 is 17.6 Å². The Bertz CT molecular complexity index is 1160. The van der Waals surface area contributed by atoms with Crippen LogP contribution in [0.3, 0.4) is 0 Å². The van der Waals surface area contributed by atoms with Gasteiger partial charge in [0.25, 0.3) is 10.0 Å². The van der Waals surface area contributed by atoms with Crippen LogP contribution in [0.1, 0.15) is 5.56 Å². The van der Waals surface area contributed by atoms with E-state index < -0.39 is 21.7 Å². The van der Waals surface area contributed by atoms with Crippen molar-refractivity contribution in [3.8, 4) is 0 Å². The van der Waals surface area contributed by atoms with E-state index in [1.807, 2.05) is 0 Å². The largest absolute Gasteiger partial charge is 0.322 e. The van der Waals surface area contributed by atoms with Crippen LogP contribution in [0.25, 0.3) is 6.08 Å². The second kappa shape index (κ2) is 8.89. The molecule has 0 heterocycles. The Labute approximate surface area is 172 Å². The Kier molecular flexibility index (Phi) is 6.31. The van der Waals surface area contributed by atoms with Gasteiger partial charge in [-0.2, -0.15) is 0 Å². The maximum Gasteiger partial charge on any atom is 0.261 e. The molecule has 8 heteroatoms. The summed E-state index contributed by atoms with van der Waals surface area (Å²) < 4.78 is 40.5. The van der Waals surface area contributed by atoms with E-state index in [-0.39, 0.29) is 10.6 Å². The maximum absolute atomic E-state index is 13.1. The number of carbonyl (C=O) groups excluding carboxylic acids is 1. The Morgan fingerprint density at radius 3 is 2.38 bits per heavy atom. The van der Waals surface area contributed by atoms with Gasteiger partial charge in [0.15, 0.2) is 0 Å². The van der Waals surface area contributed by atoms with Gasteiger partial charge in [0.1, 0.15) is 5.82 Å². The highest BCUT2D eigenvalue weighted by atomic mass is 35.5. The molecule has 0 radical (unpaired) electrons.